The molecule has 0 spiro atoms. The molecule has 0 radical (unpaired) electrons. The van der Waals surface area contributed by atoms with Gasteiger partial charge in [-0.05, 0) is 31.4 Å². The molecule has 4 heteroatoms. The molecular weight excluding hydrogens is 210 g/mol. The summed E-state index contributed by atoms with van der Waals surface area (Å²) in [6.07, 6.45) is 5.34. The Labute approximate surface area is 97.6 Å². The number of hydrogen-bond donors (Lipinski definition) is 2. The number of hydrogen-bond acceptors (Lipinski definition) is 3. The molecule has 88 valence electrons. The van der Waals surface area contributed by atoms with Gasteiger partial charge in [0.25, 0.3) is 0 Å². The topological polar surface area (TPSA) is 30.7 Å². The molecule has 0 amide bonds. The van der Waals surface area contributed by atoms with Crippen molar-refractivity contribution in [3.63, 3.8) is 0 Å². The summed E-state index contributed by atoms with van der Waals surface area (Å²) in [5, 5.41) is 0. The van der Waals surface area contributed by atoms with E-state index in [0.29, 0.717) is 13.0 Å². The minimum atomic E-state index is -0.0690. The lowest BCUT2D eigenvalue weighted by molar-refractivity contribution is -0.905. The quantitative estimate of drug-likeness (QED) is 0.510. The zero-order valence-corrected chi connectivity index (χ0v) is 10.2. The predicted octanol–water partition coefficient (Wildman–Crippen LogP) is 0.308. The van der Waals surface area contributed by atoms with Gasteiger partial charge in [-0.3, -0.25) is 4.79 Å². The Bertz CT molecular complexity index is 181. The van der Waals surface area contributed by atoms with E-state index in [9.17, 15) is 4.79 Å². The Balaban J connectivity index is 1.97. The van der Waals surface area contributed by atoms with Crippen molar-refractivity contribution in [3.05, 3.63) is 0 Å². The highest BCUT2D eigenvalue weighted by molar-refractivity contribution is 7.80. The van der Waals surface area contributed by atoms with Gasteiger partial charge in [0, 0.05) is 6.42 Å². The maximum absolute atomic E-state index is 11.2. The molecule has 1 saturated heterocycles. The van der Waals surface area contributed by atoms with Crippen molar-refractivity contribution in [1.29, 1.82) is 0 Å². The summed E-state index contributed by atoms with van der Waals surface area (Å²) in [5.41, 5.74) is 0. The average molecular weight is 232 g/mol. The maximum atomic E-state index is 11.2. The summed E-state index contributed by atoms with van der Waals surface area (Å²) < 4.78 is 5.15. The highest BCUT2D eigenvalue weighted by Gasteiger charge is 2.13. The van der Waals surface area contributed by atoms with Gasteiger partial charge in [-0.2, -0.15) is 12.6 Å². The van der Waals surface area contributed by atoms with Crippen LogP contribution in [-0.4, -0.2) is 38.0 Å². The number of rotatable bonds is 6. The van der Waals surface area contributed by atoms with Crippen molar-refractivity contribution < 1.29 is 14.4 Å². The lowest BCUT2D eigenvalue weighted by Gasteiger charge is -2.23. The van der Waals surface area contributed by atoms with Crippen LogP contribution < -0.4 is 4.90 Å². The van der Waals surface area contributed by atoms with E-state index in [4.69, 9.17) is 4.74 Å². The smallest absolute Gasteiger partial charge is 0.306 e. The number of likely N-dealkylation sites (tertiary alicyclic amines) is 1. The first-order chi connectivity index (χ1) is 7.33. The third-order valence-electron chi connectivity index (χ3n) is 2.82. The van der Waals surface area contributed by atoms with Crippen LogP contribution in [0.15, 0.2) is 0 Å². The van der Waals surface area contributed by atoms with E-state index in [0.717, 1.165) is 18.7 Å². The number of piperidine rings is 1. The van der Waals surface area contributed by atoms with Gasteiger partial charge >= 0.3 is 5.97 Å². The minimum Gasteiger partial charge on any atom is -0.460 e. The largest absolute Gasteiger partial charge is 0.460 e. The van der Waals surface area contributed by atoms with Gasteiger partial charge in [0.15, 0.2) is 0 Å². The fourth-order valence-corrected chi connectivity index (χ4v) is 2.06. The number of carbonyl (C=O) groups is 1. The third-order valence-corrected chi connectivity index (χ3v) is 3.13. The molecule has 1 aliphatic heterocycles. The van der Waals surface area contributed by atoms with Gasteiger partial charge in [0.05, 0.1) is 13.1 Å². The Kier molecular flexibility index (Phi) is 6.85. The molecule has 0 aromatic rings. The van der Waals surface area contributed by atoms with Crippen LogP contribution in [-0.2, 0) is 9.53 Å². The lowest BCUT2D eigenvalue weighted by atomic mass is 10.1. The Hall–Kier alpha value is -0.220. The van der Waals surface area contributed by atoms with Crippen molar-refractivity contribution in [1.82, 2.24) is 0 Å². The summed E-state index contributed by atoms with van der Waals surface area (Å²) in [4.78, 5) is 12.8. The molecule has 0 atom stereocenters. The number of carbonyl (C=O) groups excluding carboxylic acids is 1. The van der Waals surface area contributed by atoms with Crippen LogP contribution in [0.4, 0.5) is 0 Å². The summed E-state index contributed by atoms with van der Waals surface area (Å²) in [5.74, 6) is 0.687. The van der Waals surface area contributed by atoms with Crippen LogP contribution in [0.2, 0.25) is 0 Å². The molecule has 1 aliphatic rings. The molecule has 15 heavy (non-hydrogen) atoms. The number of quaternary nitrogens is 1. The fraction of sp³-hybridized carbons (Fsp3) is 0.909. The van der Waals surface area contributed by atoms with Crippen molar-refractivity contribution >= 4 is 18.6 Å². The van der Waals surface area contributed by atoms with E-state index in [-0.39, 0.29) is 5.97 Å². The highest BCUT2D eigenvalue weighted by atomic mass is 32.1. The molecule has 1 fully saturated rings. The lowest BCUT2D eigenvalue weighted by Crippen LogP contribution is -3.13. The van der Waals surface area contributed by atoms with E-state index in [1.807, 2.05) is 0 Å². The normalized spacial score (nSPS) is 17.7. The van der Waals surface area contributed by atoms with Gasteiger partial charge in [-0.25, -0.2) is 0 Å². The molecule has 1 heterocycles. The summed E-state index contributed by atoms with van der Waals surface area (Å²) in [7, 11) is 0. The summed E-state index contributed by atoms with van der Waals surface area (Å²) in [6, 6.07) is 0. The van der Waals surface area contributed by atoms with Crippen LogP contribution in [0.25, 0.3) is 0 Å². The zero-order chi connectivity index (χ0) is 10.9. The van der Waals surface area contributed by atoms with Crippen molar-refractivity contribution in [2.24, 2.45) is 0 Å². The van der Waals surface area contributed by atoms with E-state index < -0.39 is 0 Å². The monoisotopic (exact) mass is 232 g/mol. The standard InChI is InChI=1S/C11H21NO2S/c13-11(5-4-10-15)14-9-8-12-6-2-1-3-7-12/h15H,1-10H2/p+1. The van der Waals surface area contributed by atoms with E-state index in [2.05, 4.69) is 12.6 Å². The maximum Gasteiger partial charge on any atom is 0.306 e. The zero-order valence-electron chi connectivity index (χ0n) is 9.33. The highest BCUT2D eigenvalue weighted by Crippen LogP contribution is 1.95. The van der Waals surface area contributed by atoms with Crippen LogP contribution >= 0.6 is 12.6 Å². The van der Waals surface area contributed by atoms with Gasteiger partial charge in [-0.15, -0.1) is 0 Å². The average Bonchev–Trinajstić information content (AvgIpc) is 2.28. The van der Waals surface area contributed by atoms with Gasteiger partial charge in [0.1, 0.15) is 13.2 Å². The van der Waals surface area contributed by atoms with E-state index in [1.54, 1.807) is 4.90 Å². The van der Waals surface area contributed by atoms with E-state index >= 15 is 0 Å². The number of esters is 1. The first-order valence-corrected chi connectivity index (χ1v) is 6.56. The van der Waals surface area contributed by atoms with Crippen molar-refractivity contribution in [2.45, 2.75) is 32.1 Å². The van der Waals surface area contributed by atoms with Crippen LogP contribution in [0.5, 0.6) is 0 Å². The summed E-state index contributed by atoms with van der Waals surface area (Å²) >= 11 is 4.06. The molecule has 0 bridgehead atoms. The first kappa shape index (κ1) is 12.8. The molecular formula is C11H22NO2S+. The number of nitrogens with one attached hydrogen (secondary N) is 1. The van der Waals surface area contributed by atoms with Crippen LogP contribution in [0.3, 0.4) is 0 Å². The molecule has 0 saturated carbocycles. The van der Waals surface area contributed by atoms with Gasteiger partial charge in [-0.1, -0.05) is 0 Å². The second kappa shape index (κ2) is 7.99. The minimum absolute atomic E-state index is 0.0690. The SMILES string of the molecule is O=C(CCCS)OCC[NH+]1CCCCC1. The Morgan fingerprint density at radius 3 is 2.67 bits per heavy atom. The van der Waals surface area contributed by atoms with Crippen molar-refractivity contribution in [3.8, 4) is 0 Å². The first-order valence-electron chi connectivity index (χ1n) is 5.93. The Morgan fingerprint density at radius 2 is 2.00 bits per heavy atom. The van der Waals surface area contributed by atoms with Gasteiger partial charge in [0.2, 0.25) is 0 Å². The number of ether oxygens (including phenoxy) is 1. The fourth-order valence-electron chi connectivity index (χ4n) is 1.91. The molecule has 0 unspecified atom stereocenters. The number of thiol groups is 1. The Morgan fingerprint density at radius 1 is 1.27 bits per heavy atom. The van der Waals surface area contributed by atoms with Crippen LogP contribution in [0, 0.1) is 0 Å². The second-order valence-electron chi connectivity index (χ2n) is 4.11. The van der Waals surface area contributed by atoms with Crippen molar-refractivity contribution in [2.75, 3.05) is 32.0 Å². The molecule has 1 rings (SSSR count). The second-order valence-corrected chi connectivity index (χ2v) is 4.56. The molecule has 0 aromatic carbocycles. The molecule has 0 aromatic heterocycles. The molecule has 3 nitrogen and oxygen atoms in total. The van der Waals surface area contributed by atoms with E-state index in [1.165, 1.54) is 32.4 Å². The third kappa shape index (κ3) is 6.05. The molecule has 1 N–H and O–H groups in total. The molecule has 0 aliphatic carbocycles. The van der Waals surface area contributed by atoms with Crippen LogP contribution in [0.1, 0.15) is 32.1 Å². The predicted molar refractivity (Wildman–Crippen MR) is 63.5 cm³/mol. The summed E-state index contributed by atoms with van der Waals surface area (Å²) in [6.45, 7) is 4.05. The van der Waals surface area contributed by atoms with Gasteiger partial charge < -0.3 is 9.64 Å².